The zero-order valence-electron chi connectivity index (χ0n) is 8.88. The van der Waals surface area contributed by atoms with E-state index in [4.69, 9.17) is 4.74 Å². The van der Waals surface area contributed by atoms with Crippen molar-refractivity contribution in [3.05, 3.63) is 34.1 Å². The van der Waals surface area contributed by atoms with Crippen LogP contribution in [-0.2, 0) is 10.3 Å². The maximum absolute atomic E-state index is 13.7. The highest BCUT2D eigenvalue weighted by atomic mass is 79.9. The topological polar surface area (TPSA) is 29.5 Å². The fraction of sp³-hybridized carbons (Fsp3) is 0.500. The van der Waals surface area contributed by atoms with E-state index in [-0.39, 0.29) is 5.82 Å². The normalized spacial score (nSPS) is 26.4. The minimum atomic E-state index is -1.09. The summed E-state index contributed by atoms with van der Waals surface area (Å²) in [5.41, 5.74) is -0.725. The third-order valence-corrected chi connectivity index (χ3v) is 3.46. The van der Waals surface area contributed by atoms with Crippen LogP contribution < -0.4 is 0 Å². The Labute approximate surface area is 103 Å². The van der Waals surface area contributed by atoms with Crippen molar-refractivity contribution in [2.75, 3.05) is 13.2 Å². The van der Waals surface area contributed by atoms with Crippen molar-refractivity contribution in [1.82, 2.24) is 0 Å². The summed E-state index contributed by atoms with van der Waals surface area (Å²) in [5.74, 6) is -0.354. The monoisotopic (exact) mass is 288 g/mol. The van der Waals surface area contributed by atoms with Crippen molar-refractivity contribution in [3.8, 4) is 0 Å². The summed E-state index contributed by atoms with van der Waals surface area (Å²) in [6.07, 6.45) is 1.74. The Morgan fingerprint density at radius 2 is 2.12 bits per heavy atom. The molecule has 2 rings (SSSR count). The molecule has 1 aromatic rings. The molecule has 1 aromatic carbocycles. The van der Waals surface area contributed by atoms with E-state index in [0.29, 0.717) is 31.6 Å². The molecule has 1 aliphatic heterocycles. The third-order valence-electron chi connectivity index (χ3n) is 2.97. The van der Waals surface area contributed by atoms with E-state index in [1.165, 1.54) is 6.07 Å². The maximum Gasteiger partial charge on any atom is 0.129 e. The fourth-order valence-corrected chi connectivity index (χ4v) is 2.42. The molecule has 1 saturated heterocycles. The second kappa shape index (κ2) is 4.82. The Kier molecular flexibility index (Phi) is 3.62. The lowest BCUT2D eigenvalue weighted by atomic mass is 9.86. The van der Waals surface area contributed by atoms with Crippen LogP contribution in [0.15, 0.2) is 22.7 Å². The standard InChI is InChI=1S/C12H14BrFO2/c13-9-2-3-11(14)10(8-9)12(15)4-1-6-16-7-5-12/h2-3,8,15H,1,4-7H2. The number of aliphatic hydroxyl groups is 1. The van der Waals surface area contributed by atoms with Crippen LogP contribution in [0.5, 0.6) is 0 Å². The third kappa shape index (κ3) is 2.44. The molecule has 1 N–H and O–H groups in total. The molecule has 0 saturated carbocycles. The average molecular weight is 289 g/mol. The van der Waals surface area contributed by atoms with E-state index >= 15 is 0 Å². The van der Waals surface area contributed by atoms with Crippen LogP contribution >= 0.6 is 15.9 Å². The summed E-state index contributed by atoms with van der Waals surface area (Å²) in [6, 6.07) is 4.67. The van der Waals surface area contributed by atoms with Gasteiger partial charge in [0.1, 0.15) is 5.82 Å². The van der Waals surface area contributed by atoms with Gasteiger partial charge in [0.2, 0.25) is 0 Å². The molecule has 0 amide bonds. The predicted molar refractivity (Wildman–Crippen MR) is 62.7 cm³/mol. The van der Waals surface area contributed by atoms with Crippen LogP contribution in [0.25, 0.3) is 0 Å². The molecule has 1 heterocycles. The van der Waals surface area contributed by atoms with Gasteiger partial charge in [-0.15, -0.1) is 0 Å². The molecule has 1 atom stereocenters. The number of ether oxygens (including phenoxy) is 1. The average Bonchev–Trinajstić information content (AvgIpc) is 2.48. The van der Waals surface area contributed by atoms with Gasteiger partial charge in [-0.2, -0.15) is 0 Å². The smallest absolute Gasteiger partial charge is 0.129 e. The molecule has 0 aliphatic carbocycles. The molecule has 0 spiro atoms. The summed E-state index contributed by atoms with van der Waals surface area (Å²) in [5, 5.41) is 10.5. The number of rotatable bonds is 1. The largest absolute Gasteiger partial charge is 0.385 e. The van der Waals surface area contributed by atoms with Crippen LogP contribution in [-0.4, -0.2) is 18.3 Å². The molecular formula is C12H14BrFO2. The van der Waals surface area contributed by atoms with Gasteiger partial charge in [0.25, 0.3) is 0 Å². The van der Waals surface area contributed by atoms with Gasteiger partial charge in [-0.05, 0) is 31.0 Å². The zero-order chi connectivity index (χ0) is 11.6. The first-order chi connectivity index (χ1) is 7.62. The minimum Gasteiger partial charge on any atom is -0.385 e. The van der Waals surface area contributed by atoms with Gasteiger partial charge in [-0.25, -0.2) is 4.39 Å². The number of hydrogen-bond donors (Lipinski definition) is 1. The van der Waals surface area contributed by atoms with Gasteiger partial charge >= 0.3 is 0 Å². The summed E-state index contributed by atoms with van der Waals surface area (Å²) < 4.78 is 19.8. The van der Waals surface area contributed by atoms with Gasteiger partial charge in [0.15, 0.2) is 0 Å². The maximum atomic E-state index is 13.7. The van der Waals surface area contributed by atoms with E-state index in [0.717, 1.165) is 10.9 Å². The number of halogens is 2. The highest BCUT2D eigenvalue weighted by molar-refractivity contribution is 9.10. The Balaban J connectivity index is 2.36. The van der Waals surface area contributed by atoms with E-state index in [9.17, 15) is 9.50 Å². The molecule has 4 heteroatoms. The van der Waals surface area contributed by atoms with Crippen molar-refractivity contribution in [3.63, 3.8) is 0 Å². The molecule has 16 heavy (non-hydrogen) atoms. The van der Waals surface area contributed by atoms with Crippen LogP contribution in [0, 0.1) is 5.82 Å². The van der Waals surface area contributed by atoms with Crippen molar-refractivity contribution < 1.29 is 14.2 Å². The molecule has 1 fully saturated rings. The number of hydrogen-bond acceptors (Lipinski definition) is 2. The summed E-state index contributed by atoms with van der Waals surface area (Å²) in [6.45, 7) is 1.11. The van der Waals surface area contributed by atoms with Gasteiger partial charge < -0.3 is 9.84 Å². The highest BCUT2D eigenvalue weighted by Gasteiger charge is 2.33. The molecule has 88 valence electrons. The van der Waals surface area contributed by atoms with Crippen LogP contribution in [0.2, 0.25) is 0 Å². The summed E-state index contributed by atoms with van der Waals surface area (Å²) >= 11 is 3.30. The lowest BCUT2D eigenvalue weighted by Crippen LogP contribution is -2.27. The highest BCUT2D eigenvalue weighted by Crippen LogP contribution is 2.35. The minimum absolute atomic E-state index is 0.354. The van der Waals surface area contributed by atoms with E-state index < -0.39 is 5.60 Å². The molecule has 0 radical (unpaired) electrons. The zero-order valence-corrected chi connectivity index (χ0v) is 10.5. The van der Waals surface area contributed by atoms with Crippen molar-refractivity contribution in [1.29, 1.82) is 0 Å². The van der Waals surface area contributed by atoms with Gasteiger partial charge in [-0.1, -0.05) is 15.9 Å². The Bertz CT molecular complexity index is 373. The summed E-state index contributed by atoms with van der Waals surface area (Å²) in [4.78, 5) is 0. The van der Waals surface area contributed by atoms with Crippen molar-refractivity contribution in [2.45, 2.75) is 24.9 Å². The summed E-state index contributed by atoms with van der Waals surface area (Å²) in [7, 11) is 0. The fourth-order valence-electron chi connectivity index (χ4n) is 2.06. The molecule has 0 bridgehead atoms. The van der Waals surface area contributed by atoms with Crippen LogP contribution in [0.4, 0.5) is 4.39 Å². The van der Waals surface area contributed by atoms with Gasteiger partial charge in [0, 0.05) is 29.7 Å². The van der Waals surface area contributed by atoms with Gasteiger partial charge in [-0.3, -0.25) is 0 Å². The Morgan fingerprint density at radius 3 is 2.94 bits per heavy atom. The SMILES string of the molecule is OC1(c2cc(Br)ccc2F)CCCOCC1. The molecule has 1 aliphatic rings. The van der Waals surface area contributed by atoms with Crippen LogP contribution in [0.1, 0.15) is 24.8 Å². The molecule has 2 nitrogen and oxygen atoms in total. The van der Waals surface area contributed by atoms with Crippen molar-refractivity contribution in [2.24, 2.45) is 0 Å². The van der Waals surface area contributed by atoms with Crippen LogP contribution in [0.3, 0.4) is 0 Å². The molecule has 1 unspecified atom stereocenters. The lowest BCUT2D eigenvalue weighted by molar-refractivity contribution is 0.0112. The molecule has 0 aromatic heterocycles. The lowest BCUT2D eigenvalue weighted by Gasteiger charge is -2.27. The second-order valence-electron chi connectivity index (χ2n) is 4.12. The quantitative estimate of drug-likeness (QED) is 0.861. The molecular weight excluding hydrogens is 275 g/mol. The van der Waals surface area contributed by atoms with E-state index in [1.807, 2.05) is 0 Å². The van der Waals surface area contributed by atoms with Crippen molar-refractivity contribution >= 4 is 15.9 Å². The van der Waals surface area contributed by atoms with E-state index in [1.54, 1.807) is 12.1 Å². The van der Waals surface area contributed by atoms with Gasteiger partial charge in [0.05, 0.1) is 5.60 Å². The first-order valence-corrected chi connectivity index (χ1v) is 6.17. The first kappa shape index (κ1) is 12.0. The Morgan fingerprint density at radius 1 is 1.31 bits per heavy atom. The predicted octanol–water partition coefficient (Wildman–Crippen LogP) is 2.98. The number of benzene rings is 1. The van der Waals surface area contributed by atoms with E-state index in [2.05, 4.69) is 15.9 Å². The second-order valence-corrected chi connectivity index (χ2v) is 5.04. The first-order valence-electron chi connectivity index (χ1n) is 5.37. The Hall–Kier alpha value is -0.450.